The Balaban J connectivity index is 1.82. The van der Waals surface area contributed by atoms with E-state index in [1.165, 1.54) is 0 Å². The number of nitrogens with zero attached hydrogens (tertiary/aromatic N) is 2. The summed E-state index contributed by atoms with van der Waals surface area (Å²) in [7, 11) is 1.58. The van der Waals surface area contributed by atoms with Crippen LogP contribution in [0.3, 0.4) is 0 Å². The van der Waals surface area contributed by atoms with Crippen LogP contribution in [0.25, 0.3) is 0 Å². The van der Waals surface area contributed by atoms with Crippen LogP contribution in [0.2, 0.25) is 0 Å². The average Bonchev–Trinajstić information content (AvgIpc) is 2.55. The van der Waals surface area contributed by atoms with Crippen LogP contribution in [0.4, 0.5) is 0 Å². The van der Waals surface area contributed by atoms with E-state index in [0.717, 1.165) is 44.9 Å². The van der Waals surface area contributed by atoms with Crippen LogP contribution < -0.4 is 10.1 Å². The molecule has 1 unspecified atom stereocenters. The lowest BCUT2D eigenvalue weighted by Gasteiger charge is -2.32. The van der Waals surface area contributed by atoms with E-state index in [9.17, 15) is 0 Å². The zero-order valence-electron chi connectivity index (χ0n) is 12.8. The fourth-order valence-corrected chi connectivity index (χ4v) is 2.52. The average molecular weight is 289 g/mol. The van der Waals surface area contributed by atoms with Crippen molar-refractivity contribution in [2.75, 3.05) is 39.9 Å². The summed E-state index contributed by atoms with van der Waals surface area (Å²) in [5.74, 6) is 0.621. The number of likely N-dealkylation sites (N-methyl/N-ethyl adjacent to an activating group) is 1. The van der Waals surface area contributed by atoms with Crippen molar-refractivity contribution in [3.63, 3.8) is 0 Å². The zero-order valence-corrected chi connectivity index (χ0v) is 12.8. The maximum atomic E-state index is 9.08. The number of benzene rings is 1. The molecule has 1 aromatic carbocycles. The van der Waals surface area contributed by atoms with Crippen LogP contribution in [-0.4, -0.2) is 50.9 Å². The van der Waals surface area contributed by atoms with Gasteiger partial charge in [-0.05, 0) is 24.2 Å². The third kappa shape index (κ3) is 4.43. The van der Waals surface area contributed by atoms with Gasteiger partial charge in [-0.25, -0.2) is 0 Å². The molecule has 1 atom stereocenters. The molecule has 1 heterocycles. The number of rotatable bonds is 6. The van der Waals surface area contributed by atoms with Crippen molar-refractivity contribution < 1.29 is 9.47 Å². The van der Waals surface area contributed by atoms with E-state index in [2.05, 4.69) is 23.2 Å². The lowest BCUT2D eigenvalue weighted by atomic mass is 10.1. The van der Waals surface area contributed by atoms with Crippen molar-refractivity contribution in [2.24, 2.45) is 0 Å². The number of hydrogen-bond acceptors (Lipinski definition) is 5. The normalized spacial score (nSPS) is 19.2. The summed E-state index contributed by atoms with van der Waals surface area (Å²) >= 11 is 0. The molecule has 0 aromatic heterocycles. The molecule has 1 saturated heterocycles. The maximum Gasteiger partial charge on any atom is 0.136 e. The first-order valence-electron chi connectivity index (χ1n) is 7.38. The van der Waals surface area contributed by atoms with Crippen molar-refractivity contribution in [3.05, 3.63) is 29.3 Å². The van der Waals surface area contributed by atoms with E-state index in [4.69, 9.17) is 14.7 Å². The Morgan fingerprint density at radius 3 is 3.10 bits per heavy atom. The van der Waals surface area contributed by atoms with Gasteiger partial charge in [0.2, 0.25) is 0 Å². The molecule has 114 valence electrons. The van der Waals surface area contributed by atoms with Gasteiger partial charge in [0.1, 0.15) is 11.8 Å². The Bertz CT molecular complexity index is 499. The number of methoxy groups -OCH3 is 1. The molecule has 0 spiro atoms. The molecule has 5 heteroatoms. The van der Waals surface area contributed by atoms with Gasteiger partial charge in [0.15, 0.2) is 0 Å². The van der Waals surface area contributed by atoms with Gasteiger partial charge in [-0.1, -0.05) is 13.0 Å². The molecule has 1 aromatic rings. The number of nitrogens with one attached hydrogen (secondary N) is 1. The minimum Gasteiger partial charge on any atom is -0.495 e. The van der Waals surface area contributed by atoms with Gasteiger partial charge in [-0.3, -0.25) is 4.90 Å². The highest BCUT2D eigenvalue weighted by molar-refractivity contribution is 5.45. The number of nitriles is 1. The maximum absolute atomic E-state index is 9.08. The number of ether oxygens (including phenoxy) is 2. The molecule has 1 aliphatic rings. The zero-order chi connectivity index (χ0) is 15.1. The smallest absolute Gasteiger partial charge is 0.136 e. The minimum absolute atomic E-state index is 0.243. The van der Waals surface area contributed by atoms with Crippen molar-refractivity contribution in [1.29, 1.82) is 5.26 Å². The lowest BCUT2D eigenvalue weighted by Crippen LogP contribution is -2.46. The predicted molar refractivity (Wildman–Crippen MR) is 81.3 cm³/mol. The molecule has 0 aliphatic carbocycles. The highest BCUT2D eigenvalue weighted by Crippen LogP contribution is 2.18. The van der Waals surface area contributed by atoms with Gasteiger partial charge in [-0.2, -0.15) is 5.26 Å². The van der Waals surface area contributed by atoms with Crippen LogP contribution in [0, 0.1) is 11.3 Å². The second-order valence-corrected chi connectivity index (χ2v) is 5.16. The second-order valence-electron chi connectivity index (χ2n) is 5.16. The molecule has 0 bridgehead atoms. The largest absolute Gasteiger partial charge is 0.495 e. The van der Waals surface area contributed by atoms with E-state index in [1.54, 1.807) is 7.11 Å². The molecule has 0 amide bonds. The van der Waals surface area contributed by atoms with E-state index >= 15 is 0 Å². The van der Waals surface area contributed by atoms with E-state index in [-0.39, 0.29) is 6.10 Å². The fourth-order valence-electron chi connectivity index (χ4n) is 2.52. The van der Waals surface area contributed by atoms with Crippen LogP contribution >= 0.6 is 0 Å². The Labute approximate surface area is 126 Å². The molecule has 2 rings (SSSR count). The third-order valence-electron chi connectivity index (χ3n) is 3.76. The molecular formula is C16H23N3O2. The Kier molecular flexibility index (Phi) is 6.00. The van der Waals surface area contributed by atoms with Crippen molar-refractivity contribution >= 4 is 0 Å². The van der Waals surface area contributed by atoms with Gasteiger partial charge < -0.3 is 14.8 Å². The van der Waals surface area contributed by atoms with Crippen LogP contribution in [0.15, 0.2) is 18.2 Å². The Morgan fingerprint density at radius 1 is 1.52 bits per heavy atom. The van der Waals surface area contributed by atoms with E-state index in [1.807, 2.05) is 18.2 Å². The first-order valence-corrected chi connectivity index (χ1v) is 7.38. The monoisotopic (exact) mass is 289 g/mol. The van der Waals surface area contributed by atoms with Crippen LogP contribution in [0.5, 0.6) is 5.75 Å². The first-order chi connectivity index (χ1) is 10.3. The summed E-state index contributed by atoms with van der Waals surface area (Å²) in [6.07, 6.45) is 0.243. The lowest BCUT2D eigenvalue weighted by molar-refractivity contribution is -0.0253. The quantitative estimate of drug-likeness (QED) is 0.857. The topological polar surface area (TPSA) is 57.5 Å². The summed E-state index contributed by atoms with van der Waals surface area (Å²) < 4.78 is 10.9. The molecule has 0 saturated carbocycles. The van der Waals surface area contributed by atoms with Crippen molar-refractivity contribution in [1.82, 2.24) is 10.2 Å². The molecular weight excluding hydrogens is 266 g/mol. The number of hydrogen-bond donors (Lipinski definition) is 1. The Morgan fingerprint density at radius 2 is 2.38 bits per heavy atom. The van der Waals surface area contributed by atoms with E-state index < -0.39 is 0 Å². The van der Waals surface area contributed by atoms with Gasteiger partial charge in [-0.15, -0.1) is 0 Å². The molecule has 21 heavy (non-hydrogen) atoms. The standard InChI is InChI=1S/C16H23N3O2/c1-3-19-6-7-21-15(12-19)11-18-10-13-4-5-16(20-2)14(8-13)9-17/h4-5,8,15,18H,3,6-7,10-12H2,1-2H3. The summed E-state index contributed by atoms with van der Waals surface area (Å²) in [5, 5.41) is 12.5. The van der Waals surface area contributed by atoms with Crippen LogP contribution in [-0.2, 0) is 11.3 Å². The van der Waals surface area contributed by atoms with Crippen molar-refractivity contribution in [3.8, 4) is 11.8 Å². The highest BCUT2D eigenvalue weighted by atomic mass is 16.5. The van der Waals surface area contributed by atoms with Gasteiger partial charge in [0, 0.05) is 26.2 Å². The van der Waals surface area contributed by atoms with Crippen LogP contribution in [0.1, 0.15) is 18.1 Å². The predicted octanol–water partition coefficient (Wildman–Crippen LogP) is 1.38. The van der Waals surface area contributed by atoms with Gasteiger partial charge in [0.25, 0.3) is 0 Å². The molecule has 1 fully saturated rings. The first kappa shape index (κ1) is 15.8. The third-order valence-corrected chi connectivity index (χ3v) is 3.76. The number of morpholine rings is 1. The summed E-state index contributed by atoms with van der Waals surface area (Å²) in [4.78, 5) is 2.40. The highest BCUT2D eigenvalue weighted by Gasteiger charge is 2.18. The van der Waals surface area contributed by atoms with Gasteiger partial charge in [0.05, 0.1) is 25.4 Å². The minimum atomic E-state index is 0.243. The molecule has 1 aliphatic heterocycles. The summed E-state index contributed by atoms with van der Waals surface area (Å²) in [6, 6.07) is 7.84. The van der Waals surface area contributed by atoms with Crippen molar-refractivity contribution in [2.45, 2.75) is 19.6 Å². The SMILES string of the molecule is CCN1CCOC(CNCc2ccc(OC)c(C#N)c2)C1. The molecule has 1 N–H and O–H groups in total. The molecule has 0 radical (unpaired) electrons. The Hall–Kier alpha value is -1.61. The fraction of sp³-hybridized carbons (Fsp3) is 0.562. The van der Waals surface area contributed by atoms with E-state index in [0.29, 0.717) is 11.3 Å². The van der Waals surface area contributed by atoms with Gasteiger partial charge >= 0.3 is 0 Å². The molecule has 5 nitrogen and oxygen atoms in total. The second kappa shape index (κ2) is 7.99. The summed E-state index contributed by atoms with van der Waals surface area (Å²) in [5.41, 5.74) is 1.65. The summed E-state index contributed by atoms with van der Waals surface area (Å²) in [6.45, 7) is 7.61.